The molecule has 4 atom stereocenters. The lowest BCUT2D eigenvalue weighted by molar-refractivity contribution is -0.146. The van der Waals surface area contributed by atoms with Crippen molar-refractivity contribution in [2.75, 3.05) is 0 Å². The minimum atomic E-state index is -1.38. The van der Waals surface area contributed by atoms with Crippen molar-refractivity contribution >= 4 is 17.9 Å². The number of ether oxygens (including phenoxy) is 2. The van der Waals surface area contributed by atoms with Crippen LogP contribution in [0.5, 0.6) is 0 Å². The highest BCUT2D eigenvalue weighted by atomic mass is 16.5. The summed E-state index contributed by atoms with van der Waals surface area (Å²) in [6.07, 6.45) is 4.19. The molecule has 0 spiro atoms. The van der Waals surface area contributed by atoms with E-state index < -0.39 is 48.4 Å². The van der Waals surface area contributed by atoms with Crippen molar-refractivity contribution in [3.8, 4) is 0 Å². The Balaban J connectivity index is 1.48. The molecule has 4 rings (SSSR count). The lowest BCUT2D eigenvalue weighted by Crippen LogP contribution is -2.57. The second-order valence-electron chi connectivity index (χ2n) is 12.1. The van der Waals surface area contributed by atoms with Crippen LogP contribution in [0.25, 0.3) is 0 Å². The van der Waals surface area contributed by atoms with E-state index in [9.17, 15) is 19.5 Å². The van der Waals surface area contributed by atoms with Gasteiger partial charge in [-0.05, 0) is 49.4 Å². The summed E-state index contributed by atoms with van der Waals surface area (Å²) in [5.41, 5.74) is 2.07. The Morgan fingerprint density at radius 3 is 2.11 bits per heavy atom. The zero-order valence-corrected chi connectivity index (χ0v) is 26.6. The minimum absolute atomic E-state index is 0.0365. The molecule has 246 valence electrons. The van der Waals surface area contributed by atoms with Crippen LogP contribution in [0, 0.1) is 5.92 Å². The van der Waals surface area contributed by atoms with E-state index in [1.54, 1.807) is 38.2 Å². The molecule has 1 unspecified atom stereocenters. The van der Waals surface area contributed by atoms with Crippen molar-refractivity contribution < 1.29 is 29.0 Å². The van der Waals surface area contributed by atoms with Gasteiger partial charge in [0.25, 0.3) is 5.91 Å². The average Bonchev–Trinajstić information content (AvgIpc) is 3.07. The zero-order chi connectivity index (χ0) is 32.7. The van der Waals surface area contributed by atoms with Crippen LogP contribution >= 0.6 is 0 Å². The third-order valence-corrected chi connectivity index (χ3v) is 8.04. The number of rotatable bonds is 15. The number of nitrogens with one attached hydrogen (secondary N) is 3. The Morgan fingerprint density at radius 1 is 0.826 bits per heavy atom. The van der Waals surface area contributed by atoms with Gasteiger partial charge in [0.05, 0.1) is 17.8 Å². The molecule has 10 nitrogen and oxygen atoms in total. The molecule has 1 heterocycles. The largest absolute Gasteiger partial charge is 0.445 e. The normalized spacial score (nSPS) is 16.1. The van der Waals surface area contributed by atoms with Crippen LogP contribution in [0.3, 0.4) is 0 Å². The van der Waals surface area contributed by atoms with Crippen molar-refractivity contribution in [2.24, 2.45) is 5.92 Å². The summed E-state index contributed by atoms with van der Waals surface area (Å²) in [6.45, 7) is 3.56. The number of alkyl carbamates (subject to hydrolysis) is 1. The Bertz CT molecular complexity index is 1350. The summed E-state index contributed by atoms with van der Waals surface area (Å²) in [6, 6.07) is 22.0. The average molecular weight is 631 g/mol. The Kier molecular flexibility index (Phi) is 13.5. The first-order chi connectivity index (χ1) is 22.3. The fourth-order valence-electron chi connectivity index (χ4n) is 5.69. The predicted molar refractivity (Wildman–Crippen MR) is 174 cm³/mol. The second-order valence-corrected chi connectivity index (χ2v) is 12.1. The van der Waals surface area contributed by atoms with Gasteiger partial charge in [0.15, 0.2) is 0 Å². The van der Waals surface area contributed by atoms with Crippen LogP contribution in [0.15, 0.2) is 85.1 Å². The minimum Gasteiger partial charge on any atom is -0.445 e. The van der Waals surface area contributed by atoms with E-state index in [1.807, 2.05) is 60.7 Å². The summed E-state index contributed by atoms with van der Waals surface area (Å²) < 4.78 is 11.3. The molecule has 3 amide bonds. The molecule has 1 aliphatic carbocycles. The van der Waals surface area contributed by atoms with E-state index in [1.165, 1.54) is 6.42 Å². The molecule has 46 heavy (non-hydrogen) atoms. The van der Waals surface area contributed by atoms with E-state index in [4.69, 9.17) is 9.47 Å². The smallest absolute Gasteiger partial charge is 0.408 e. The highest BCUT2D eigenvalue weighted by Crippen LogP contribution is 2.30. The van der Waals surface area contributed by atoms with Crippen molar-refractivity contribution in [1.82, 2.24) is 20.9 Å². The lowest BCUT2D eigenvalue weighted by Gasteiger charge is -2.32. The Hall–Kier alpha value is -4.28. The van der Waals surface area contributed by atoms with Gasteiger partial charge in [0.2, 0.25) is 12.1 Å². The van der Waals surface area contributed by atoms with Crippen LogP contribution in [0.4, 0.5) is 4.79 Å². The summed E-state index contributed by atoms with van der Waals surface area (Å²) in [4.78, 5) is 44.6. The van der Waals surface area contributed by atoms with E-state index in [0.717, 1.165) is 36.8 Å². The first kappa shape index (κ1) is 34.6. The van der Waals surface area contributed by atoms with E-state index in [-0.39, 0.29) is 13.0 Å². The zero-order valence-electron chi connectivity index (χ0n) is 26.6. The van der Waals surface area contributed by atoms with E-state index in [0.29, 0.717) is 18.0 Å². The molecule has 10 heteroatoms. The molecule has 0 saturated heterocycles. The molecule has 4 N–H and O–H groups in total. The van der Waals surface area contributed by atoms with Gasteiger partial charge in [-0.2, -0.15) is 0 Å². The first-order valence-electron chi connectivity index (χ1n) is 16.1. The highest BCUT2D eigenvalue weighted by Gasteiger charge is 2.33. The SMILES string of the molecule is CC(C)O[C@H](NC(=O)[C@H](Cc1ccccc1)NC(=O)OCc1ccccc1)C(=O)NC(CC1CCCCC1)[C@@H](O)c1ccccn1. The molecule has 1 aromatic heterocycles. The van der Waals surface area contributed by atoms with Crippen LogP contribution in [0.2, 0.25) is 0 Å². The number of carbonyl (C=O) groups is 3. The van der Waals surface area contributed by atoms with Crippen LogP contribution in [-0.2, 0) is 32.1 Å². The number of aromatic nitrogens is 1. The van der Waals surface area contributed by atoms with Gasteiger partial charge in [-0.1, -0.05) is 98.8 Å². The number of aliphatic hydroxyl groups excluding tert-OH is 1. The standard InChI is InChI=1S/C36H46N4O6/c1-25(2)46-35(34(43)38-30(22-26-14-6-3-7-15-26)32(41)29-20-12-13-21-37-29)40-33(42)31(23-27-16-8-4-9-17-27)39-36(44)45-24-28-18-10-5-11-19-28/h4-5,8-13,16-21,25-26,30-32,35,41H,3,6-7,14-15,22-24H2,1-2H3,(H,38,43)(H,39,44)(H,40,42)/t30?,31-,32-,35-/m0/s1. The Morgan fingerprint density at radius 2 is 1.48 bits per heavy atom. The fourth-order valence-corrected chi connectivity index (χ4v) is 5.69. The third kappa shape index (κ3) is 11.3. The van der Waals surface area contributed by atoms with Crippen molar-refractivity contribution in [2.45, 2.75) is 95.9 Å². The molecule has 3 aromatic rings. The maximum Gasteiger partial charge on any atom is 0.408 e. The number of nitrogens with zero attached hydrogens (tertiary/aromatic N) is 1. The quantitative estimate of drug-likeness (QED) is 0.174. The summed E-state index contributed by atoms with van der Waals surface area (Å²) >= 11 is 0. The molecular weight excluding hydrogens is 584 g/mol. The van der Waals surface area contributed by atoms with Crippen LogP contribution < -0.4 is 16.0 Å². The maximum atomic E-state index is 13.8. The number of hydrogen-bond acceptors (Lipinski definition) is 7. The number of pyridine rings is 1. The van der Waals surface area contributed by atoms with Gasteiger partial charge < -0.3 is 30.5 Å². The number of benzene rings is 2. The molecular formula is C36H46N4O6. The van der Waals surface area contributed by atoms with Crippen LogP contribution in [0.1, 0.15) is 75.3 Å². The van der Waals surface area contributed by atoms with Crippen molar-refractivity contribution in [1.29, 1.82) is 0 Å². The Labute approximate surface area is 271 Å². The van der Waals surface area contributed by atoms with Gasteiger partial charge in [0, 0.05) is 12.6 Å². The number of amides is 3. The summed E-state index contributed by atoms with van der Waals surface area (Å²) in [5.74, 6) is -0.865. The van der Waals surface area contributed by atoms with Crippen molar-refractivity contribution in [3.05, 3.63) is 102 Å². The second kappa shape index (κ2) is 18.0. The molecule has 1 saturated carbocycles. The lowest BCUT2D eigenvalue weighted by atomic mass is 9.83. The summed E-state index contributed by atoms with van der Waals surface area (Å²) in [7, 11) is 0. The monoisotopic (exact) mass is 630 g/mol. The first-order valence-corrected chi connectivity index (χ1v) is 16.1. The van der Waals surface area contributed by atoms with Crippen molar-refractivity contribution in [3.63, 3.8) is 0 Å². The summed E-state index contributed by atoms with van der Waals surface area (Å²) in [5, 5.41) is 19.6. The molecule has 0 bridgehead atoms. The molecule has 0 radical (unpaired) electrons. The predicted octanol–water partition coefficient (Wildman–Crippen LogP) is 4.98. The van der Waals surface area contributed by atoms with Gasteiger partial charge in [-0.15, -0.1) is 0 Å². The van der Waals surface area contributed by atoms with Gasteiger partial charge in [-0.3, -0.25) is 14.6 Å². The van der Waals surface area contributed by atoms with Gasteiger partial charge in [-0.25, -0.2) is 4.79 Å². The number of aliphatic hydroxyl groups is 1. The van der Waals surface area contributed by atoms with Gasteiger partial charge in [0.1, 0.15) is 18.8 Å². The highest BCUT2D eigenvalue weighted by molar-refractivity contribution is 5.91. The van der Waals surface area contributed by atoms with E-state index in [2.05, 4.69) is 20.9 Å². The topological polar surface area (TPSA) is 139 Å². The van der Waals surface area contributed by atoms with Crippen LogP contribution in [-0.4, -0.2) is 52.4 Å². The maximum absolute atomic E-state index is 13.8. The molecule has 0 aliphatic heterocycles. The van der Waals surface area contributed by atoms with Gasteiger partial charge >= 0.3 is 6.09 Å². The number of hydrogen-bond donors (Lipinski definition) is 4. The third-order valence-electron chi connectivity index (χ3n) is 8.04. The molecule has 1 fully saturated rings. The molecule has 2 aromatic carbocycles. The number of carbonyl (C=O) groups excluding carboxylic acids is 3. The van der Waals surface area contributed by atoms with E-state index >= 15 is 0 Å². The molecule has 1 aliphatic rings. The fraction of sp³-hybridized carbons (Fsp3) is 0.444.